The van der Waals surface area contributed by atoms with E-state index in [4.69, 9.17) is 0 Å². The molecule has 0 N–H and O–H groups in total. The van der Waals surface area contributed by atoms with E-state index >= 15 is 0 Å². The van der Waals surface area contributed by atoms with E-state index in [-0.39, 0.29) is 5.78 Å². The third-order valence-corrected chi connectivity index (χ3v) is 2.47. The Kier molecular flexibility index (Phi) is 5.41. The van der Waals surface area contributed by atoms with Crippen molar-refractivity contribution >= 4 is 11.9 Å². The van der Waals surface area contributed by atoms with Crippen molar-refractivity contribution in [3.05, 3.63) is 53.6 Å². The molecule has 0 spiro atoms. The van der Waals surface area contributed by atoms with Gasteiger partial charge in [-0.3, -0.25) is 4.79 Å². The second-order valence-electron chi connectivity index (χ2n) is 4.52. The molecule has 0 amide bonds. The van der Waals surface area contributed by atoms with E-state index in [0.717, 1.165) is 5.57 Å². The van der Waals surface area contributed by atoms with Gasteiger partial charge in [0.05, 0.1) is 0 Å². The van der Waals surface area contributed by atoms with Crippen LogP contribution in [-0.2, 0) is 4.79 Å². The highest BCUT2D eigenvalue weighted by Gasteiger charge is 1.98. The van der Waals surface area contributed by atoms with Gasteiger partial charge < -0.3 is 0 Å². The Bertz CT molecular complexity index is 412. The summed E-state index contributed by atoms with van der Waals surface area (Å²) in [5.74, 6) is 0.576. The molecule has 0 saturated carbocycles. The predicted octanol–water partition coefficient (Wildman–Crippen LogP) is 4.26. The van der Waals surface area contributed by atoms with E-state index in [0.29, 0.717) is 12.3 Å². The molecule has 0 aromatic heterocycles. The molecule has 0 saturated heterocycles. The number of Topliss-reactive ketones (excluding diaryl/α,β-unsaturated/α-hetero) is 1. The number of ketones is 1. The summed E-state index contributed by atoms with van der Waals surface area (Å²) in [6.07, 6.45) is 6.96. The number of hydrogen-bond donors (Lipinski definition) is 0. The summed E-state index contributed by atoms with van der Waals surface area (Å²) in [5, 5.41) is 0. The number of carbonyl (C=O) groups excluding carboxylic acids is 1. The highest BCUT2D eigenvalue weighted by molar-refractivity contribution is 5.77. The first-order valence-electron chi connectivity index (χ1n) is 5.98. The molecular weight excluding hydrogens is 208 g/mol. The van der Waals surface area contributed by atoms with Crippen molar-refractivity contribution in [2.45, 2.75) is 27.2 Å². The van der Waals surface area contributed by atoms with Crippen LogP contribution in [0.15, 0.2) is 48.1 Å². The van der Waals surface area contributed by atoms with Crippen molar-refractivity contribution < 1.29 is 4.79 Å². The van der Waals surface area contributed by atoms with Crippen LogP contribution in [0.5, 0.6) is 0 Å². The third-order valence-electron chi connectivity index (χ3n) is 2.47. The largest absolute Gasteiger partial charge is 0.300 e. The van der Waals surface area contributed by atoms with Crippen molar-refractivity contribution in [2.75, 3.05) is 0 Å². The molecule has 0 aliphatic rings. The van der Waals surface area contributed by atoms with Crippen LogP contribution in [0.1, 0.15) is 32.8 Å². The maximum atomic E-state index is 11.0. The van der Waals surface area contributed by atoms with Gasteiger partial charge in [-0.1, -0.05) is 61.1 Å². The van der Waals surface area contributed by atoms with E-state index in [2.05, 4.69) is 37.3 Å². The number of benzene rings is 1. The Morgan fingerprint density at radius 2 is 1.88 bits per heavy atom. The van der Waals surface area contributed by atoms with Gasteiger partial charge in [-0.25, -0.2) is 0 Å². The average Bonchev–Trinajstić information content (AvgIpc) is 2.26. The van der Waals surface area contributed by atoms with Crippen LogP contribution < -0.4 is 0 Å². The summed E-state index contributed by atoms with van der Waals surface area (Å²) in [7, 11) is 0. The van der Waals surface area contributed by atoms with Crippen LogP contribution in [0.25, 0.3) is 6.08 Å². The summed E-state index contributed by atoms with van der Waals surface area (Å²) < 4.78 is 0. The Hall–Kier alpha value is -1.63. The Morgan fingerprint density at radius 3 is 2.47 bits per heavy atom. The minimum atomic E-state index is 0.220. The molecule has 0 bridgehead atoms. The summed E-state index contributed by atoms with van der Waals surface area (Å²) >= 11 is 0. The molecular formula is C16H20O. The first-order valence-corrected chi connectivity index (χ1v) is 5.98. The van der Waals surface area contributed by atoms with E-state index in [1.165, 1.54) is 5.56 Å². The zero-order valence-electron chi connectivity index (χ0n) is 10.8. The average molecular weight is 228 g/mol. The summed E-state index contributed by atoms with van der Waals surface area (Å²) in [5.41, 5.74) is 2.35. The van der Waals surface area contributed by atoms with Crippen LogP contribution in [0, 0.1) is 5.92 Å². The summed E-state index contributed by atoms with van der Waals surface area (Å²) in [6, 6.07) is 10.2. The Labute approximate surface area is 104 Å². The Morgan fingerprint density at radius 1 is 1.24 bits per heavy atom. The highest BCUT2D eigenvalue weighted by atomic mass is 16.1. The van der Waals surface area contributed by atoms with Crippen LogP contribution >= 0.6 is 0 Å². The highest BCUT2D eigenvalue weighted by Crippen LogP contribution is 2.10. The smallest absolute Gasteiger partial charge is 0.133 e. The molecule has 1 atom stereocenters. The zero-order chi connectivity index (χ0) is 12.7. The standard InChI is InChI=1S/C16H20O/c1-13(11-14(2)12-15(3)17)9-10-16-7-5-4-6-8-16/h4-11,13H,12H2,1-3H3. The fourth-order valence-electron chi connectivity index (χ4n) is 1.78. The molecule has 0 fully saturated rings. The summed E-state index contributed by atoms with van der Waals surface area (Å²) in [4.78, 5) is 11.0. The van der Waals surface area contributed by atoms with Gasteiger partial charge in [-0.05, 0) is 25.3 Å². The fraction of sp³-hybridized carbons (Fsp3) is 0.312. The lowest BCUT2D eigenvalue weighted by Gasteiger charge is -2.02. The van der Waals surface area contributed by atoms with Crippen molar-refractivity contribution in [3.8, 4) is 0 Å². The van der Waals surface area contributed by atoms with Gasteiger partial charge in [-0.2, -0.15) is 0 Å². The molecule has 0 radical (unpaired) electrons. The monoisotopic (exact) mass is 228 g/mol. The molecule has 1 rings (SSSR count). The number of allylic oxidation sites excluding steroid dienone is 3. The van der Waals surface area contributed by atoms with Gasteiger partial charge in [0.25, 0.3) is 0 Å². The molecule has 1 unspecified atom stereocenters. The first kappa shape index (κ1) is 13.4. The van der Waals surface area contributed by atoms with Gasteiger partial charge in [0.1, 0.15) is 5.78 Å². The second-order valence-corrected chi connectivity index (χ2v) is 4.52. The topological polar surface area (TPSA) is 17.1 Å². The SMILES string of the molecule is CC(=O)CC(C)=CC(C)C=Cc1ccccc1. The van der Waals surface area contributed by atoms with Gasteiger partial charge in [-0.15, -0.1) is 0 Å². The lowest BCUT2D eigenvalue weighted by molar-refractivity contribution is -0.116. The number of carbonyl (C=O) groups is 1. The van der Waals surface area contributed by atoms with Gasteiger partial charge >= 0.3 is 0 Å². The minimum absolute atomic E-state index is 0.220. The van der Waals surface area contributed by atoms with Crippen LogP contribution in [0.2, 0.25) is 0 Å². The van der Waals surface area contributed by atoms with E-state index in [1.807, 2.05) is 25.1 Å². The van der Waals surface area contributed by atoms with Crippen LogP contribution in [0.4, 0.5) is 0 Å². The molecule has 1 aromatic carbocycles. The zero-order valence-corrected chi connectivity index (χ0v) is 10.8. The van der Waals surface area contributed by atoms with Gasteiger partial charge in [0.15, 0.2) is 0 Å². The van der Waals surface area contributed by atoms with Gasteiger partial charge in [0.2, 0.25) is 0 Å². The predicted molar refractivity (Wildman–Crippen MR) is 73.7 cm³/mol. The second kappa shape index (κ2) is 6.85. The lowest BCUT2D eigenvalue weighted by atomic mass is 10.0. The molecule has 17 heavy (non-hydrogen) atoms. The molecule has 1 nitrogen and oxygen atoms in total. The quantitative estimate of drug-likeness (QED) is 0.688. The third kappa shape index (κ3) is 5.86. The minimum Gasteiger partial charge on any atom is -0.300 e. The molecule has 90 valence electrons. The number of hydrogen-bond acceptors (Lipinski definition) is 1. The van der Waals surface area contributed by atoms with Crippen molar-refractivity contribution in [1.29, 1.82) is 0 Å². The maximum Gasteiger partial charge on any atom is 0.133 e. The maximum absolute atomic E-state index is 11.0. The number of rotatable bonds is 5. The van der Waals surface area contributed by atoms with Crippen LogP contribution in [0.3, 0.4) is 0 Å². The molecule has 1 aromatic rings. The first-order chi connectivity index (χ1) is 8.08. The molecule has 0 heterocycles. The molecule has 1 heteroatoms. The Balaban J connectivity index is 2.57. The lowest BCUT2D eigenvalue weighted by Crippen LogP contribution is -1.93. The fourth-order valence-corrected chi connectivity index (χ4v) is 1.78. The summed E-state index contributed by atoms with van der Waals surface area (Å²) in [6.45, 7) is 5.76. The van der Waals surface area contributed by atoms with Crippen LogP contribution in [-0.4, -0.2) is 5.78 Å². The molecule has 0 aliphatic carbocycles. The normalized spacial score (nSPS) is 13.9. The van der Waals surface area contributed by atoms with Crippen molar-refractivity contribution in [2.24, 2.45) is 5.92 Å². The van der Waals surface area contributed by atoms with E-state index in [1.54, 1.807) is 6.92 Å². The van der Waals surface area contributed by atoms with E-state index < -0.39 is 0 Å². The molecule has 0 aliphatic heterocycles. The van der Waals surface area contributed by atoms with Crippen molar-refractivity contribution in [1.82, 2.24) is 0 Å². The van der Waals surface area contributed by atoms with E-state index in [9.17, 15) is 4.79 Å². The van der Waals surface area contributed by atoms with Crippen molar-refractivity contribution in [3.63, 3.8) is 0 Å². The van der Waals surface area contributed by atoms with Gasteiger partial charge in [0, 0.05) is 6.42 Å².